The molecule has 63 heavy (non-hydrogen) atoms. The zero-order chi connectivity index (χ0) is 41.2. The van der Waals surface area contributed by atoms with Crippen LogP contribution in [-0.2, 0) is 5.41 Å². The van der Waals surface area contributed by atoms with Gasteiger partial charge in [0.1, 0.15) is 0 Å². The van der Waals surface area contributed by atoms with Gasteiger partial charge < -0.3 is 0 Å². The molecule has 0 unspecified atom stereocenters. The second kappa shape index (κ2) is 13.6. The Balaban J connectivity index is 0.876. The summed E-state index contributed by atoms with van der Waals surface area (Å²) in [7, 11) is 0. The summed E-state index contributed by atoms with van der Waals surface area (Å²) < 4.78 is 2.46. The Morgan fingerprint density at radius 3 is 1.81 bits per heavy atom. The highest BCUT2D eigenvalue weighted by Gasteiger charge is 2.62. The highest BCUT2D eigenvalue weighted by atomic mass is 32.1. The lowest BCUT2D eigenvalue weighted by molar-refractivity contribution is -0.0397. The third kappa shape index (κ3) is 5.28. The van der Waals surface area contributed by atoms with Crippen molar-refractivity contribution in [3.05, 3.63) is 187 Å². The van der Waals surface area contributed by atoms with Crippen molar-refractivity contribution in [3.63, 3.8) is 0 Å². The molecule has 3 nitrogen and oxygen atoms in total. The monoisotopic (exact) mass is 825 g/mol. The van der Waals surface area contributed by atoms with Gasteiger partial charge in [-0.15, -0.1) is 11.3 Å². The normalized spacial score (nSPS) is 21.7. The smallest absolute Gasteiger partial charge is 0.165 e. The number of rotatable bonds is 5. The summed E-state index contributed by atoms with van der Waals surface area (Å²) in [6.07, 6.45) is 6.94. The second-order valence-corrected chi connectivity index (χ2v) is 19.8. The lowest BCUT2D eigenvalue weighted by atomic mass is 9.42. The predicted molar refractivity (Wildman–Crippen MR) is 261 cm³/mol. The fourth-order valence-electron chi connectivity index (χ4n) is 13.2. The van der Waals surface area contributed by atoms with Gasteiger partial charge in [0.25, 0.3) is 0 Å². The molecule has 0 amide bonds. The molecular weight excluding hydrogens is 783 g/mol. The van der Waals surface area contributed by atoms with E-state index in [0.29, 0.717) is 29.3 Å². The Kier molecular flexibility index (Phi) is 7.74. The third-order valence-electron chi connectivity index (χ3n) is 15.5. The molecule has 0 saturated heterocycles. The van der Waals surface area contributed by atoms with Crippen LogP contribution in [0.4, 0.5) is 0 Å². The van der Waals surface area contributed by atoms with Crippen molar-refractivity contribution in [2.24, 2.45) is 23.7 Å². The lowest BCUT2D eigenvalue weighted by Crippen LogP contribution is -2.55. The lowest BCUT2D eigenvalue weighted by Gasteiger charge is -2.61. The van der Waals surface area contributed by atoms with Crippen LogP contribution in [0.5, 0.6) is 0 Å². The van der Waals surface area contributed by atoms with Crippen LogP contribution in [0.3, 0.4) is 0 Å². The molecule has 2 aromatic heterocycles. The molecule has 4 saturated carbocycles. The molecule has 0 N–H and O–H groups in total. The molecule has 4 bridgehead atoms. The molecular formula is C59H43N3S. The number of nitrogens with zero attached hydrogens (tertiary/aromatic N) is 3. The van der Waals surface area contributed by atoms with Crippen molar-refractivity contribution in [2.75, 3.05) is 0 Å². The SMILES string of the molecule is c1ccc(-c2nc(-c3ccc(-c4cccc(-c5cccc6c5C5(c7ccc8ccccc8c7-6)C6CC7CC(C6)CC5C7)c4)cc3)nc(-c3cccc4c3sc3ccccc34)n2)cc1. The van der Waals surface area contributed by atoms with Gasteiger partial charge >= 0.3 is 0 Å². The number of aromatic nitrogens is 3. The summed E-state index contributed by atoms with van der Waals surface area (Å²) in [5.41, 5.74) is 14.4. The van der Waals surface area contributed by atoms with E-state index in [9.17, 15) is 0 Å². The van der Waals surface area contributed by atoms with Crippen molar-refractivity contribution in [2.45, 2.75) is 37.5 Å². The van der Waals surface area contributed by atoms with Crippen LogP contribution < -0.4 is 0 Å². The average molecular weight is 826 g/mol. The number of fused-ring (bicyclic) bond motifs is 8. The average Bonchev–Trinajstić information content (AvgIpc) is 3.88. The molecule has 0 radical (unpaired) electrons. The van der Waals surface area contributed by atoms with Gasteiger partial charge in [-0.3, -0.25) is 0 Å². The van der Waals surface area contributed by atoms with Crippen LogP contribution in [0.25, 0.3) is 98.5 Å². The highest BCUT2D eigenvalue weighted by Crippen LogP contribution is 2.71. The van der Waals surface area contributed by atoms with Crippen LogP contribution >= 0.6 is 11.3 Å². The van der Waals surface area contributed by atoms with E-state index in [-0.39, 0.29) is 5.41 Å². The maximum atomic E-state index is 5.20. The molecule has 1 spiro atoms. The van der Waals surface area contributed by atoms with Gasteiger partial charge in [-0.2, -0.15) is 0 Å². The summed E-state index contributed by atoms with van der Waals surface area (Å²) in [6, 6.07) is 64.8. The minimum Gasteiger partial charge on any atom is -0.208 e. The van der Waals surface area contributed by atoms with Gasteiger partial charge in [0.2, 0.25) is 0 Å². The summed E-state index contributed by atoms with van der Waals surface area (Å²) >= 11 is 1.80. The Morgan fingerprint density at radius 1 is 0.413 bits per heavy atom. The summed E-state index contributed by atoms with van der Waals surface area (Å²) in [5.74, 6) is 5.23. The fraction of sp³-hybridized carbons (Fsp3) is 0.169. The largest absolute Gasteiger partial charge is 0.208 e. The number of thiophene rings is 1. The summed E-state index contributed by atoms with van der Waals surface area (Å²) in [6.45, 7) is 0. The van der Waals surface area contributed by atoms with E-state index in [1.807, 2.05) is 18.2 Å². The van der Waals surface area contributed by atoms with Crippen LogP contribution in [0, 0.1) is 23.7 Å². The molecule has 10 aromatic rings. The van der Waals surface area contributed by atoms with Gasteiger partial charge in [-0.25, -0.2) is 15.0 Å². The van der Waals surface area contributed by atoms with Crippen LogP contribution in [0.15, 0.2) is 176 Å². The maximum absolute atomic E-state index is 5.20. The molecule has 8 aromatic carbocycles. The van der Waals surface area contributed by atoms with Crippen LogP contribution in [0.1, 0.15) is 43.2 Å². The minimum atomic E-state index is 0.0703. The van der Waals surface area contributed by atoms with E-state index < -0.39 is 0 Å². The van der Waals surface area contributed by atoms with Gasteiger partial charge in [-0.05, 0) is 129 Å². The van der Waals surface area contributed by atoms with Crippen molar-refractivity contribution in [1.29, 1.82) is 0 Å². The van der Waals surface area contributed by atoms with Gasteiger partial charge in [-0.1, -0.05) is 158 Å². The topological polar surface area (TPSA) is 38.7 Å². The Bertz CT molecular complexity index is 3450. The van der Waals surface area contributed by atoms with E-state index in [2.05, 4.69) is 158 Å². The summed E-state index contributed by atoms with van der Waals surface area (Å²) in [5, 5.41) is 5.25. The molecule has 15 rings (SSSR count). The maximum Gasteiger partial charge on any atom is 0.165 e. The van der Waals surface area contributed by atoms with Crippen LogP contribution in [-0.4, -0.2) is 15.0 Å². The van der Waals surface area contributed by atoms with Gasteiger partial charge in [0.05, 0.1) is 0 Å². The zero-order valence-corrected chi connectivity index (χ0v) is 35.7. The molecule has 0 atom stereocenters. The first-order valence-corrected chi connectivity index (χ1v) is 23.6. The van der Waals surface area contributed by atoms with Crippen molar-refractivity contribution < 1.29 is 0 Å². The van der Waals surface area contributed by atoms with Crippen molar-refractivity contribution >= 4 is 42.3 Å². The quantitative estimate of drug-likeness (QED) is 0.173. The molecule has 5 aliphatic rings. The third-order valence-corrected chi connectivity index (χ3v) is 16.7. The Labute approximate surface area is 371 Å². The van der Waals surface area contributed by atoms with E-state index in [4.69, 9.17) is 15.0 Å². The van der Waals surface area contributed by atoms with E-state index in [1.165, 1.54) is 96.4 Å². The number of hydrogen-bond donors (Lipinski definition) is 0. The highest BCUT2D eigenvalue weighted by molar-refractivity contribution is 7.26. The molecule has 2 heterocycles. The van der Waals surface area contributed by atoms with E-state index in [0.717, 1.165) is 28.5 Å². The van der Waals surface area contributed by atoms with E-state index in [1.54, 1.807) is 22.5 Å². The molecule has 4 fully saturated rings. The number of benzene rings is 8. The van der Waals surface area contributed by atoms with Gasteiger partial charge in [0, 0.05) is 42.3 Å². The van der Waals surface area contributed by atoms with Gasteiger partial charge in [0.15, 0.2) is 17.5 Å². The van der Waals surface area contributed by atoms with Crippen molar-refractivity contribution in [3.8, 4) is 67.5 Å². The van der Waals surface area contributed by atoms with Crippen LogP contribution in [0.2, 0.25) is 0 Å². The Hall–Kier alpha value is -6.75. The van der Waals surface area contributed by atoms with Crippen molar-refractivity contribution in [1.82, 2.24) is 15.0 Å². The minimum absolute atomic E-state index is 0.0703. The molecule has 0 aliphatic heterocycles. The molecule has 5 aliphatic carbocycles. The molecule has 4 heteroatoms. The first-order chi connectivity index (χ1) is 31.2. The standard InChI is InChI=1S/C59H43N3S/c1-2-12-39(13-3-1)56-60-57(62-58(61-56)50-21-10-19-48-47-17-6-7-22-52(47)63-55(48)50)40-25-23-37(24-26-40)41-14-8-15-42(34-41)46-18-9-20-49-53-45-16-5-4-11-38(45)27-28-51(53)59(54(46)49)43-30-35-29-36(32-43)33-44(59)31-35/h1-28,34-36,43-44H,29-33H2. The van der Waals surface area contributed by atoms with E-state index >= 15 is 0 Å². The zero-order valence-electron chi connectivity index (χ0n) is 34.8. The first-order valence-electron chi connectivity index (χ1n) is 22.8. The predicted octanol–water partition coefficient (Wildman–Crippen LogP) is 15.5. The second-order valence-electron chi connectivity index (χ2n) is 18.7. The first kappa shape index (κ1) is 35.8. The summed E-state index contributed by atoms with van der Waals surface area (Å²) in [4.78, 5) is 15.4. The Morgan fingerprint density at radius 2 is 1.00 bits per heavy atom. The molecule has 300 valence electrons. The number of hydrogen-bond acceptors (Lipinski definition) is 4. The fourth-order valence-corrected chi connectivity index (χ4v) is 14.4.